The normalized spacial score (nSPS) is 11.3. The quantitative estimate of drug-likeness (QED) is 0.171. The summed E-state index contributed by atoms with van der Waals surface area (Å²) in [5, 5.41) is 7.52. The highest BCUT2D eigenvalue weighted by Gasteiger charge is 2.18. The molecule has 0 atom stereocenters. The summed E-state index contributed by atoms with van der Waals surface area (Å²) < 4.78 is 0. The third-order valence-electron chi connectivity index (χ3n) is 9.49. The van der Waals surface area contributed by atoms with Crippen LogP contribution in [0.2, 0.25) is 0 Å². The molecule has 8 aromatic carbocycles. The molecule has 0 saturated heterocycles. The number of anilines is 6. The van der Waals surface area contributed by atoms with Gasteiger partial charge in [0.1, 0.15) is 0 Å². The molecule has 0 spiro atoms. The van der Waals surface area contributed by atoms with Crippen LogP contribution in [0.25, 0.3) is 32.3 Å². The van der Waals surface area contributed by atoms with Gasteiger partial charge in [-0.25, -0.2) is 0 Å². The number of nitrogens with zero attached hydrogens (tertiary/aromatic N) is 2. The second-order valence-electron chi connectivity index (χ2n) is 13.0. The molecule has 0 aromatic heterocycles. The number of hydrogen-bond donors (Lipinski definition) is 0. The van der Waals surface area contributed by atoms with Crippen molar-refractivity contribution < 1.29 is 0 Å². The summed E-state index contributed by atoms with van der Waals surface area (Å²) in [4.78, 5) is 4.73. The molecule has 0 unspecified atom stereocenters. The van der Waals surface area contributed by atoms with Gasteiger partial charge < -0.3 is 9.80 Å². The highest BCUT2D eigenvalue weighted by atomic mass is 15.1. The van der Waals surface area contributed by atoms with Crippen molar-refractivity contribution in [1.29, 1.82) is 0 Å². The van der Waals surface area contributed by atoms with Crippen molar-refractivity contribution in [3.05, 3.63) is 180 Å². The lowest BCUT2D eigenvalue weighted by molar-refractivity contribution is 1.27. The molecule has 0 radical (unpaired) electrons. The van der Waals surface area contributed by atoms with Gasteiger partial charge >= 0.3 is 0 Å². The third-order valence-corrected chi connectivity index (χ3v) is 9.49. The van der Waals surface area contributed by atoms with Crippen molar-refractivity contribution in [3.8, 4) is 0 Å². The fraction of sp³-hybridized carbons (Fsp3) is 0.0870. The van der Waals surface area contributed by atoms with E-state index in [1.807, 2.05) is 0 Å². The minimum atomic E-state index is 1.14. The Hall–Kier alpha value is -5.86. The summed E-state index contributed by atoms with van der Waals surface area (Å²) in [7, 11) is 0. The topological polar surface area (TPSA) is 6.48 Å². The molecule has 0 aliphatic heterocycles. The van der Waals surface area contributed by atoms with Crippen molar-refractivity contribution in [2.75, 3.05) is 9.80 Å². The lowest BCUT2D eigenvalue weighted by Crippen LogP contribution is -2.10. The molecule has 0 fully saturated rings. The van der Waals surface area contributed by atoms with E-state index in [-0.39, 0.29) is 0 Å². The molecule has 0 amide bonds. The summed E-state index contributed by atoms with van der Waals surface area (Å²) in [5.74, 6) is 0. The summed E-state index contributed by atoms with van der Waals surface area (Å²) in [5.41, 5.74) is 11.8. The molecule has 0 aliphatic carbocycles. The minimum absolute atomic E-state index is 1.14. The van der Waals surface area contributed by atoms with Crippen molar-refractivity contribution in [3.63, 3.8) is 0 Å². The largest absolute Gasteiger partial charge is 0.310 e. The Morgan fingerprint density at radius 1 is 0.250 bits per heavy atom. The minimum Gasteiger partial charge on any atom is -0.310 e. The van der Waals surface area contributed by atoms with Gasteiger partial charge in [-0.1, -0.05) is 107 Å². The first-order chi connectivity index (χ1) is 23.4. The Balaban J connectivity index is 1.36. The van der Waals surface area contributed by atoms with Crippen molar-refractivity contribution in [2.45, 2.75) is 27.7 Å². The molecule has 0 aliphatic rings. The number of fused-ring (bicyclic) bond motifs is 6. The number of rotatable bonds is 6. The van der Waals surface area contributed by atoms with E-state index in [9.17, 15) is 0 Å². The van der Waals surface area contributed by atoms with Gasteiger partial charge in [0.25, 0.3) is 0 Å². The van der Waals surface area contributed by atoms with Crippen LogP contribution in [0.15, 0.2) is 158 Å². The van der Waals surface area contributed by atoms with E-state index in [2.05, 4.69) is 195 Å². The van der Waals surface area contributed by atoms with Crippen LogP contribution in [0.4, 0.5) is 34.1 Å². The monoisotopic (exact) mass is 618 g/mol. The van der Waals surface area contributed by atoms with Gasteiger partial charge in [-0.15, -0.1) is 0 Å². The van der Waals surface area contributed by atoms with Gasteiger partial charge in [-0.2, -0.15) is 0 Å². The SMILES string of the molecule is Cc1ccc(N(c2ccc(C)cc2)c2ccc3c(c2)c2ccccc2c2ccc(N(c4ccc(C)cc4)c4ccc(C)cc4)cc23)cc1. The molecule has 0 heterocycles. The molecular weight excluding hydrogens is 581 g/mol. The van der Waals surface area contributed by atoms with Crippen LogP contribution in [-0.2, 0) is 0 Å². The summed E-state index contributed by atoms with van der Waals surface area (Å²) in [6, 6.07) is 58.0. The Labute approximate surface area is 283 Å². The third kappa shape index (κ3) is 5.36. The van der Waals surface area contributed by atoms with Gasteiger partial charge in [-0.3, -0.25) is 0 Å². The molecule has 2 heteroatoms. The molecule has 8 aromatic rings. The van der Waals surface area contributed by atoms with Crippen LogP contribution in [-0.4, -0.2) is 0 Å². The lowest BCUT2D eigenvalue weighted by atomic mass is 9.93. The second-order valence-corrected chi connectivity index (χ2v) is 13.0. The van der Waals surface area contributed by atoms with E-state index in [1.165, 1.54) is 54.6 Å². The molecule has 0 bridgehead atoms. The zero-order chi connectivity index (χ0) is 32.8. The van der Waals surface area contributed by atoms with Gasteiger partial charge in [-0.05, 0) is 133 Å². The van der Waals surface area contributed by atoms with Crippen LogP contribution in [0, 0.1) is 27.7 Å². The van der Waals surface area contributed by atoms with Gasteiger partial charge in [0, 0.05) is 34.1 Å². The maximum atomic E-state index is 2.38. The number of hydrogen-bond acceptors (Lipinski definition) is 2. The fourth-order valence-corrected chi connectivity index (χ4v) is 6.88. The van der Waals surface area contributed by atoms with E-state index in [1.54, 1.807) is 0 Å². The van der Waals surface area contributed by atoms with Crippen LogP contribution in [0.1, 0.15) is 22.3 Å². The summed E-state index contributed by atoms with van der Waals surface area (Å²) in [6.45, 7) is 8.56. The molecule has 232 valence electrons. The molecular formula is C46H38N2. The first-order valence-corrected chi connectivity index (χ1v) is 16.7. The van der Waals surface area contributed by atoms with E-state index in [0.29, 0.717) is 0 Å². The average molecular weight is 619 g/mol. The predicted octanol–water partition coefficient (Wildman–Crippen LogP) is 13.3. The number of aryl methyl sites for hydroxylation is 4. The highest BCUT2D eigenvalue weighted by molar-refractivity contribution is 6.26. The maximum absolute atomic E-state index is 2.38. The molecule has 2 nitrogen and oxygen atoms in total. The van der Waals surface area contributed by atoms with Crippen LogP contribution >= 0.6 is 0 Å². The summed E-state index contributed by atoms with van der Waals surface area (Å²) >= 11 is 0. The molecule has 48 heavy (non-hydrogen) atoms. The molecule has 0 N–H and O–H groups in total. The van der Waals surface area contributed by atoms with E-state index < -0.39 is 0 Å². The Morgan fingerprint density at radius 2 is 0.500 bits per heavy atom. The van der Waals surface area contributed by atoms with Crippen LogP contribution in [0.3, 0.4) is 0 Å². The first-order valence-electron chi connectivity index (χ1n) is 16.7. The Morgan fingerprint density at radius 3 is 0.833 bits per heavy atom. The second kappa shape index (κ2) is 12.1. The van der Waals surface area contributed by atoms with Crippen molar-refractivity contribution in [2.24, 2.45) is 0 Å². The highest BCUT2D eigenvalue weighted by Crippen LogP contribution is 2.43. The van der Waals surface area contributed by atoms with Gasteiger partial charge in [0.05, 0.1) is 0 Å². The van der Waals surface area contributed by atoms with Crippen molar-refractivity contribution >= 4 is 66.4 Å². The Kier molecular flexibility index (Phi) is 7.42. The average Bonchev–Trinajstić information content (AvgIpc) is 3.12. The zero-order valence-electron chi connectivity index (χ0n) is 27.9. The number of benzene rings is 8. The predicted molar refractivity (Wildman–Crippen MR) is 207 cm³/mol. The van der Waals surface area contributed by atoms with E-state index in [0.717, 1.165) is 34.1 Å². The van der Waals surface area contributed by atoms with Gasteiger partial charge in [0.15, 0.2) is 0 Å². The fourth-order valence-electron chi connectivity index (χ4n) is 6.88. The van der Waals surface area contributed by atoms with Crippen molar-refractivity contribution in [1.82, 2.24) is 0 Å². The van der Waals surface area contributed by atoms with E-state index >= 15 is 0 Å². The standard InChI is InChI=1S/C46H38N2/c1-31-9-17-35(18-10-31)47(36-19-11-32(2)12-20-36)39-25-27-43-41-7-5-6-8-42(41)45-29-40(26-28-44(45)46(43)30-39)48(37-21-13-33(3)14-22-37)38-23-15-34(4)16-24-38/h5-30H,1-4H3. The van der Waals surface area contributed by atoms with E-state index in [4.69, 9.17) is 0 Å². The molecule has 0 saturated carbocycles. The lowest BCUT2D eigenvalue weighted by Gasteiger charge is -2.27. The smallest absolute Gasteiger partial charge is 0.0468 e. The molecule has 8 rings (SSSR count). The van der Waals surface area contributed by atoms with Gasteiger partial charge in [0.2, 0.25) is 0 Å². The first kappa shape index (κ1) is 29.5. The van der Waals surface area contributed by atoms with Crippen LogP contribution in [0.5, 0.6) is 0 Å². The zero-order valence-corrected chi connectivity index (χ0v) is 27.9. The maximum Gasteiger partial charge on any atom is 0.0468 e. The van der Waals surface area contributed by atoms with Crippen LogP contribution < -0.4 is 9.80 Å². The Bertz CT molecular complexity index is 2180. The summed E-state index contributed by atoms with van der Waals surface area (Å²) in [6.07, 6.45) is 0.